The van der Waals surface area contributed by atoms with Gasteiger partial charge in [0, 0.05) is 0 Å². The number of hydrogen-bond acceptors (Lipinski definition) is 4. The van der Waals surface area contributed by atoms with E-state index in [0.717, 1.165) is 25.7 Å². The van der Waals surface area contributed by atoms with E-state index in [1.165, 1.54) is 40.5 Å². The molecular weight excluding hydrogens is 526 g/mol. The Bertz CT molecular complexity index is 1180. The summed E-state index contributed by atoms with van der Waals surface area (Å²) in [6, 6.07) is 29.7. The van der Waals surface area contributed by atoms with Gasteiger partial charge in [-0.1, -0.05) is 0 Å². The summed E-state index contributed by atoms with van der Waals surface area (Å²) in [5.74, 6) is 0. The summed E-state index contributed by atoms with van der Waals surface area (Å²) in [5, 5.41) is 18.0. The van der Waals surface area contributed by atoms with Gasteiger partial charge in [0.05, 0.1) is 0 Å². The van der Waals surface area contributed by atoms with Crippen LogP contribution in [-0.4, -0.2) is 49.4 Å². The molecular formula is C26H22N4Se2. The number of benzene rings is 3. The predicted octanol–water partition coefficient (Wildman–Crippen LogP) is 3.74. The fourth-order valence-corrected chi connectivity index (χ4v) is 7.42. The summed E-state index contributed by atoms with van der Waals surface area (Å²) in [4.78, 5) is 0. The van der Waals surface area contributed by atoms with Crippen LogP contribution in [-0.2, 0) is 25.7 Å². The topological polar surface area (TPSA) is 51.6 Å². The molecule has 0 N–H and O–H groups in total. The molecule has 158 valence electrons. The molecule has 0 radical (unpaired) electrons. The van der Waals surface area contributed by atoms with E-state index in [1.54, 1.807) is 0 Å². The first-order valence-electron chi connectivity index (χ1n) is 10.6. The minimum absolute atomic E-state index is 0.226. The molecule has 0 spiro atoms. The third-order valence-corrected chi connectivity index (χ3v) is 9.09. The quantitative estimate of drug-likeness (QED) is 0.278. The second kappa shape index (κ2) is 10.3. The third-order valence-electron chi connectivity index (χ3n) is 5.22. The van der Waals surface area contributed by atoms with Gasteiger partial charge >= 0.3 is 201 Å². The molecule has 0 saturated carbocycles. The summed E-state index contributed by atoms with van der Waals surface area (Å²) in [7, 11) is 0. The molecule has 5 rings (SSSR count). The molecule has 2 aromatic heterocycles. The van der Waals surface area contributed by atoms with E-state index >= 15 is 0 Å². The standard InChI is InChI=1S/C26H22N4Se2/c1-3-9-19(10-4-1)15-23-27-29-25(31-23)17-21-13-7-8-14-22(21)18-26-30-28-24(32-26)16-20-11-5-2-6-12-20/h1-14H,15-18H2. The monoisotopic (exact) mass is 550 g/mol. The SMILES string of the molecule is c1ccc(Cc2nnc(Cc3ccccc3Cc3nnc(Cc4ccccc4)[se]3)[se]2)cc1. The summed E-state index contributed by atoms with van der Waals surface area (Å²) >= 11 is 0.452. The van der Waals surface area contributed by atoms with Crippen molar-refractivity contribution in [1.29, 1.82) is 0 Å². The molecule has 0 bridgehead atoms. The Morgan fingerprint density at radius 2 is 0.750 bits per heavy atom. The van der Waals surface area contributed by atoms with Crippen LogP contribution < -0.4 is 0 Å². The van der Waals surface area contributed by atoms with Gasteiger partial charge in [-0.25, -0.2) is 0 Å². The zero-order valence-corrected chi connectivity index (χ0v) is 20.9. The van der Waals surface area contributed by atoms with Gasteiger partial charge in [-0.3, -0.25) is 0 Å². The Morgan fingerprint density at radius 1 is 0.406 bits per heavy atom. The van der Waals surface area contributed by atoms with Crippen LogP contribution in [0.2, 0.25) is 0 Å². The normalized spacial score (nSPS) is 11.0. The number of nitrogens with zero attached hydrogens (tertiary/aromatic N) is 4. The maximum absolute atomic E-state index is 4.52. The van der Waals surface area contributed by atoms with Crippen molar-refractivity contribution in [3.05, 3.63) is 125 Å². The Kier molecular flexibility index (Phi) is 6.86. The van der Waals surface area contributed by atoms with Gasteiger partial charge in [-0.2, -0.15) is 0 Å². The third kappa shape index (κ3) is 5.59. The zero-order chi connectivity index (χ0) is 21.6. The Labute approximate surface area is 199 Å². The first-order chi connectivity index (χ1) is 15.8. The first-order valence-corrected chi connectivity index (χ1v) is 14.0. The van der Waals surface area contributed by atoms with Crippen molar-refractivity contribution in [3.63, 3.8) is 0 Å². The number of hydrogen-bond donors (Lipinski definition) is 0. The van der Waals surface area contributed by atoms with Crippen LogP contribution in [0.3, 0.4) is 0 Å². The van der Waals surface area contributed by atoms with Crippen molar-refractivity contribution in [2.45, 2.75) is 25.7 Å². The van der Waals surface area contributed by atoms with E-state index in [2.05, 4.69) is 105 Å². The first kappa shape index (κ1) is 21.2. The molecule has 0 unspecified atom stereocenters. The molecule has 4 nitrogen and oxygen atoms in total. The second-order valence-electron chi connectivity index (χ2n) is 7.63. The Balaban J connectivity index is 1.27. The average Bonchev–Trinajstić information content (AvgIpc) is 3.46. The van der Waals surface area contributed by atoms with Crippen LogP contribution in [0.25, 0.3) is 0 Å². The van der Waals surface area contributed by atoms with Crippen molar-refractivity contribution in [2.24, 2.45) is 0 Å². The van der Waals surface area contributed by atoms with Crippen LogP contribution in [0.4, 0.5) is 0 Å². The van der Waals surface area contributed by atoms with E-state index in [0.29, 0.717) is 0 Å². The van der Waals surface area contributed by atoms with E-state index < -0.39 is 0 Å². The molecule has 0 amide bonds. The molecule has 3 aromatic carbocycles. The molecule has 0 fully saturated rings. The van der Waals surface area contributed by atoms with Crippen LogP contribution in [0.1, 0.15) is 40.5 Å². The molecule has 0 aliphatic heterocycles. The van der Waals surface area contributed by atoms with Gasteiger partial charge < -0.3 is 0 Å². The predicted molar refractivity (Wildman–Crippen MR) is 128 cm³/mol. The van der Waals surface area contributed by atoms with E-state index in [9.17, 15) is 0 Å². The van der Waals surface area contributed by atoms with Crippen LogP contribution in [0.15, 0.2) is 84.9 Å². The van der Waals surface area contributed by atoms with Gasteiger partial charge in [-0.05, 0) is 0 Å². The maximum atomic E-state index is 4.52. The van der Waals surface area contributed by atoms with Gasteiger partial charge in [0.15, 0.2) is 0 Å². The summed E-state index contributed by atoms with van der Waals surface area (Å²) in [6.07, 6.45) is 3.54. The van der Waals surface area contributed by atoms with Crippen molar-refractivity contribution in [2.75, 3.05) is 0 Å². The zero-order valence-electron chi connectivity index (χ0n) is 17.5. The molecule has 0 saturated heterocycles. The summed E-state index contributed by atoms with van der Waals surface area (Å²) < 4.78 is 4.82. The van der Waals surface area contributed by atoms with Crippen LogP contribution in [0.5, 0.6) is 0 Å². The van der Waals surface area contributed by atoms with Gasteiger partial charge in [-0.15, -0.1) is 0 Å². The fraction of sp³-hybridized carbons (Fsp3) is 0.154. The molecule has 0 aliphatic carbocycles. The number of rotatable bonds is 8. The van der Waals surface area contributed by atoms with Crippen LogP contribution >= 0.6 is 0 Å². The van der Waals surface area contributed by atoms with Gasteiger partial charge in [0.2, 0.25) is 0 Å². The Hall–Kier alpha value is -2.62. The van der Waals surface area contributed by atoms with E-state index in [1.807, 2.05) is 0 Å². The van der Waals surface area contributed by atoms with Crippen molar-refractivity contribution < 1.29 is 0 Å². The Morgan fingerprint density at radius 3 is 1.16 bits per heavy atom. The van der Waals surface area contributed by atoms with Gasteiger partial charge in [0.25, 0.3) is 0 Å². The van der Waals surface area contributed by atoms with Gasteiger partial charge in [0.1, 0.15) is 0 Å². The number of aromatic nitrogens is 4. The van der Waals surface area contributed by atoms with Crippen molar-refractivity contribution >= 4 is 29.0 Å². The second-order valence-corrected chi connectivity index (χ2v) is 12.4. The minimum atomic E-state index is 0.226. The molecule has 2 heterocycles. The molecule has 6 heteroatoms. The summed E-state index contributed by atoms with van der Waals surface area (Å²) in [5.41, 5.74) is 5.27. The van der Waals surface area contributed by atoms with Crippen LogP contribution in [0, 0.1) is 0 Å². The molecule has 32 heavy (non-hydrogen) atoms. The fourth-order valence-electron chi connectivity index (χ4n) is 3.63. The average molecular weight is 548 g/mol. The van der Waals surface area contributed by atoms with Crippen molar-refractivity contribution in [1.82, 2.24) is 20.4 Å². The molecule has 5 aromatic rings. The van der Waals surface area contributed by atoms with Crippen molar-refractivity contribution in [3.8, 4) is 0 Å². The van der Waals surface area contributed by atoms with E-state index in [4.69, 9.17) is 0 Å². The summed E-state index contributed by atoms with van der Waals surface area (Å²) in [6.45, 7) is 0. The molecule has 0 aliphatic rings. The van der Waals surface area contributed by atoms with E-state index in [-0.39, 0.29) is 29.0 Å². The molecule has 0 atom stereocenters.